The Kier molecular flexibility index (Phi) is 6.34. The van der Waals surface area contributed by atoms with E-state index in [1.54, 1.807) is 44.4 Å². The summed E-state index contributed by atoms with van der Waals surface area (Å²) < 4.78 is 18.0. The highest BCUT2D eigenvalue weighted by Gasteiger charge is 2.21. The first-order valence-electron chi connectivity index (χ1n) is 8.95. The van der Waals surface area contributed by atoms with Gasteiger partial charge in [-0.25, -0.2) is 0 Å². The molecule has 152 valence electrons. The largest absolute Gasteiger partial charge is 0.497 e. The van der Waals surface area contributed by atoms with Crippen molar-refractivity contribution < 1.29 is 19.0 Å². The third kappa shape index (κ3) is 4.32. The van der Waals surface area contributed by atoms with Gasteiger partial charge in [0.2, 0.25) is 0 Å². The summed E-state index contributed by atoms with van der Waals surface area (Å²) in [4.78, 5) is 14.7. The Morgan fingerprint density at radius 1 is 1.00 bits per heavy atom. The van der Waals surface area contributed by atoms with Gasteiger partial charge in [-0.15, -0.1) is 0 Å². The predicted octanol–water partition coefficient (Wildman–Crippen LogP) is 4.43. The number of benzene rings is 2. The summed E-state index contributed by atoms with van der Waals surface area (Å²) >= 11 is 6.46. The molecule has 3 rings (SSSR count). The quantitative estimate of drug-likeness (QED) is 0.574. The normalized spacial score (nSPS) is 10.5. The van der Waals surface area contributed by atoms with Crippen LogP contribution in [-0.4, -0.2) is 43.8 Å². The van der Waals surface area contributed by atoms with Gasteiger partial charge in [-0.1, -0.05) is 11.6 Å². The van der Waals surface area contributed by atoms with Crippen molar-refractivity contribution >= 4 is 17.5 Å². The number of ether oxygens (including phenoxy) is 3. The zero-order valence-electron chi connectivity index (χ0n) is 16.8. The highest BCUT2D eigenvalue weighted by atomic mass is 35.5. The summed E-state index contributed by atoms with van der Waals surface area (Å²) in [5.74, 6) is 1.59. The monoisotopic (exact) mass is 414 g/mol. The number of hydrogen-bond acceptors (Lipinski definition) is 4. The lowest BCUT2D eigenvalue weighted by atomic mass is 10.1. The van der Waals surface area contributed by atoms with Crippen molar-refractivity contribution in [3.63, 3.8) is 0 Å². The van der Waals surface area contributed by atoms with Crippen molar-refractivity contribution in [2.75, 3.05) is 28.4 Å². The zero-order chi connectivity index (χ0) is 21.0. The maximum Gasteiger partial charge on any atom is 0.257 e. The minimum Gasteiger partial charge on any atom is -0.497 e. The Labute approximate surface area is 175 Å². The van der Waals surface area contributed by atoms with E-state index in [2.05, 4.69) is 0 Å². The maximum atomic E-state index is 13.1. The van der Waals surface area contributed by atoms with Crippen LogP contribution in [0.2, 0.25) is 5.02 Å². The third-order valence-electron chi connectivity index (χ3n) is 4.63. The Morgan fingerprint density at radius 3 is 2.31 bits per heavy atom. The molecular weight excluding hydrogens is 392 g/mol. The minimum absolute atomic E-state index is 0.208. The summed E-state index contributed by atoms with van der Waals surface area (Å²) in [6, 6.07) is 12.7. The number of amides is 1. The van der Waals surface area contributed by atoms with Gasteiger partial charge in [-0.3, -0.25) is 4.79 Å². The van der Waals surface area contributed by atoms with E-state index in [0.717, 1.165) is 11.3 Å². The summed E-state index contributed by atoms with van der Waals surface area (Å²) in [5, 5.41) is 0.459. The number of hydrogen-bond donors (Lipinski definition) is 0. The molecule has 29 heavy (non-hydrogen) atoms. The van der Waals surface area contributed by atoms with Crippen LogP contribution < -0.4 is 14.2 Å². The van der Waals surface area contributed by atoms with Gasteiger partial charge in [-0.05, 0) is 30.3 Å². The van der Waals surface area contributed by atoms with Crippen LogP contribution in [-0.2, 0) is 6.54 Å². The Morgan fingerprint density at radius 2 is 1.69 bits per heavy atom. The summed E-state index contributed by atoms with van der Waals surface area (Å²) in [7, 11) is 6.44. The molecule has 0 spiro atoms. The summed E-state index contributed by atoms with van der Waals surface area (Å²) in [5.41, 5.74) is 1.99. The molecule has 0 fully saturated rings. The fraction of sp³-hybridized carbons (Fsp3) is 0.227. The molecule has 1 amide bonds. The molecule has 0 unspecified atom stereocenters. The van der Waals surface area contributed by atoms with Gasteiger partial charge in [0, 0.05) is 43.7 Å². The van der Waals surface area contributed by atoms with E-state index in [1.807, 2.05) is 41.2 Å². The van der Waals surface area contributed by atoms with Crippen molar-refractivity contribution in [1.82, 2.24) is 9.47 Å². The molecule has 0 aliphatic rings. The molecule has 0 saturated carbocycles. The number of carbonyl (C=O) groups is 1. The SMILES string of the molecule is COc1ccc(CN(C)C(=O)c2cc(Cl)c(-n3cccc3)cc2OC)c(OC)c1. The average molecular weight is 415 g/mol. The van der Waals surface area contributed by atoms with E-state index in [-0.39, 0.29) is 5.91 Å². The van der Waals surface area contributed by atoms with Gasteiger partial charge in [0.1, 0.15) is 17.2 Å². The minimum atomic E-state index is -0.208. The van der Waals surface area contributed by atoms with Gasteiger partial charge in [0.25, 0.3) is 5.91 Å². The van der Waals surface area contributed by atoms with Gasteiger partial charge >= 0.3 is 0 Å². The van der Waals surface area contributed by atoms with Crippen molar-refractivity contribution in [1.29, 1.82) is 0 Å². The number of aromatic nitrogens is 1. The Bertz CT molecular complexity index is 1000. The smallest absolute Gasteiger partial charge is 0.257 e. The van der Waals surface area contributed by atoms with E-state index in [9.17, 15) is 4.79 Å². The van der Waals surface area contributed by atoms with Crippen molar-refractivity contribution in [3.05, 3.63) is 71.0 Å². The van der Waals surface area contributed by atoms with Crippen molar-refractivity contribution in [3.8, 4) is 22.9 Å². The molecule has 6 nitrogen and oxygen atoms in total. The second-order valence-electron chi connectivity index (χ2n) is 6.43. The van der Waals surface area contributed by atoms with Crippen LogP contribution in [0.25, 0.3) is 5.69 Å². The van der Waals surface area contributed by atoms with Gasteiger partial charge in [0.15, 0.2) is 0 Å². The maximum absolute atomic E-state index is 13.1. The second-order valence-corrected chi connectivity index (χ2v) is 6.84. The molecule has 0 bridgehead atoms. The molecule has 1 aromatic heterocycles. The lowest BCUT2D eigenvalue weighted by Gasteiger charge is -2.21. The van der Waals surface area contributed by atoms with Gasteiger partial charge < -0.3 is 23.7 Å². The van der Waals surface area contributed by atoms with Gasteiger partial charge in [0.05, 0.1) is 37.6 Å². The lowest BCUT2D eigenvalue weighted by molar-refractivity contribution is 0.0781. The third-order valence-corrected chi connectivity index (χ3v) is 4.93. The second kappa shape index (κ2) is 8.92. The summed E-state index contributed by atoms with van der Waals surface area (Å²) in [6.07, 6.45) is 3.76. The molecule has 1 heterocycles. The predicted molar refractivity (Wildman–Crippen MR) is 113 cm³/mol. The van der Waals surface area contributed by atoms with Crippen LogP contribution in [0.5, 0.6) is 17.2 Å². The number of nitrogens with zero attached hydrogens (tertiary/aromatic N) is 2. The fourth-order valence-corrected chi connectivity index (χ4v) is 3.35. The summed E-state index contributed by atoms with van der Waals surface area (Å²) in [6.45, 7) is 0.353. The van der Waals surface area contributed by atoms with Crippen LogP contribution in [0, 0.1) is 0 Å². The van der Waals surface area contributed by atoms with E-state index in [1.165, 1.54) is 7.11 Å². The Hall–Kier alpha value is -3.12. The molecule has 2 aromatic carbocycles. The van der Waals surface area contributed by atoms with Crippen LogP contribution in [0.4, 0.5) is 0 Å². The molecule has 3 aromatic rings. The van der Waals surface area contributed by atoms with E-state index in [0.29, 0.717) is 34.4 Å². The highest BCUT2D eigenvalue weighted by Crippen LogP contribution is 2.31. The van der Waals surface area contributed by atoms with Crippen LogP contribution in [0.3, 0.4) is 0 Å². The topological polar surface area (TPSA) is 52.9 Å². The first-order valence-corrected chi connectivity index (χ1v) is 9.33. The lowest BCUT2D eigenvalue weighted by Crippen LogP contribution is -2.27. The molecule has 0 saturated heterocycles. The number of halogens is 1. The molecule has 0 aliphatic heterocycles. The molecule has 0 N–H and O–H groups in total. The number of methoxy groups -OCH3 is 3. The van der Waals surface area contributed by atoms with Crippen molar-refractivity contribution in [2.24, 2.45) is 0 Å². The molecule has 7 heteroatoms. The molecule has 0 atom stereocenters. The molecular formula is C22H23ClN2O4. The number of carbonyl (C=O) groups excluding carboxylic acids is 1. The Balaban J connectivity index is 1.89. The van der Waals surface area contributed by atoms with Crippen LogP contribution in [0.1, 0.15) is 15.9 Å². The van der Waals surface area contributed by atoms with Crippen molar-refractivity contribution in [2.45, 2.75) is 6.54 Å². The van der Waals surface area contributed by atoms with E-state index < -0.39 is 0 Å². The van der Waals surface area contributed by atoms with Crippen LogP contribution >= 0.6 is 11.6 Å². The zero-order valence-corrected chi connectivity index (χ0v) is 17.6. The van der Waals surface area contributed by atoms with Gasteiger partial charge in [-0.2, -0.15) is 0 Å². The molecule has 0 radical (unpaired) electrons. The average Bonchev–Trinajstić information content (AvgIpc) is 3.27. The van der Waals surface area contributed by atoms with E-state index >= 15 is 0 Å². The van der Waals surface area contributed by atoms with Crippen LogP contribution in [0.15, 0.2) is 54.9 Å². The number of rotatable bonds is 7. The fourth-order valence-electron chi connectivity index (χ4n) is 3.09. The van der Waals surface area contributed by atoms with E-state index in [4.69, 9.17) is 25.8 Å². The molecule has 0 aliphatic carbocycles. The highest BCUT2D eigenvalue weighted by molar-refractivity contribution is 6.33. The standard InChI is InChI=1S/C22H23ClN2O4/c1-24(14-15-7-8-16(27-2)11-20(15)28-3)22(26)17-12-18(23)19(13-21(17)29-4)25-9-5-6-10-25/h5-13H,14H2,1-4H3. The first-order chi connectivity index (χ1) is 14.0. The first kappa shape index (κ1) is 20.6.